The summed E-state index contributed by atoms with van der Waals surface area (Å²) in [4.78, 5) is 29.9. The van der Waals surface area contributed by atoms with Crippen LogP contribution in [0.5, 0.6) is 17.2 Å². The van der Waals surface area contributed by atoms with Crippen molar-refractivity contribution in [2.24, 2.45) is 5.10 Å². The molecule has 0 amide bonds. The lowest BCUT2D eigenvalue weighted by Crippen LogP contribution is -2.23. The summed E-state index contributed by atoms with van der Waals surface area (Å²) in [6.07, 6.45) is 0.326. The number of nitrogens with zero attached hydrogens (tertiary/aromatic N) is 3. The molecule has 41 heavy (non-hydrogen) atoms. The van der Waals surface area contributed by atoms with E-state index in [0.717, 1.165) is 22.4 Å². The maximum absolute atomic E-state index is 13.7. The van der Waals surface area contributed by atoms with Gasteiger partial charge in [0.05, 0.1) is 35.9 Å². The highest BCUT2D eigenvalue weighted by Gasteiger charge is 2.20. The highest BCUT2D eigenvalue weighted by molar-refractivity contribution is 6.32. The first kappa shape index (κ1) is 29.6. The second-order valence-corrected chi connectivity index (χ2v) is 10.1. The second-order valence-electron chi connectivity index (χ2n) is 9.74. The van der Waals surface area contributed by atoms with E-state index in [2.05, 4.69) is 18.9 Å². The van der Waals surface area contributed by atoms with Crippen LogP contribution in [0, 0.1) is 6.92 Å². The average Bonchev–Trinajstić information content (AvgIpc) is 2.93. The number of hydrogen-bond acceptors (Lipinski definition) is 7. The Bertz CT molecular complexity index is 1700. The number of carboxylic acids is 1. The maximum atomic E-state index is 13.7. The molecule has 10 heteroatoms. The van der Waals surface area contributed by atoms with Gasteiger partial charge in [-0.3, -0.25) is 4.79 Å². The summed E-state index contributed by atoms with van der Waals surface area (Å²) < 4.78 is 18.0. The molecular weight excluding hydrogens is 546 g/mol. The Hall–Kier alpha value is -4.37. The zero-order valence-corrected chi connectivity index (χ0v) is 24.5. The molecular formula is C31H32ClN3O6. The maximum Gasteiger partial charge on any atom is 0.344 e. The topological polar surface area (TPSA) is 112 Å². The van der Waals surface area contributed by atoms with Crippen molar-refractivity contribution in [3.63, 3.8) is 0 Å². The number of aliphatic carboxylic acids is 1. The molecule has 4 rings (SSSR count). The number of halogens is 1. The van der Waals surface area contributed by atoms with Crippen LogP contribution in [-0.4, -0.2) is 46.8 Å². The monoisotopic (exact) mass is 577 g/mol. The van der Waals surface area contributed by atoms with Crippen molar-refractivity contribution in [3.8, 4) is 28.6 Å². The van der Waals surface area contributed by atoms with Crippen LogP contribution in [0.25, 0.3) is 22.3 Å². The number of fused-ring (bicyclic) bond motifs is 1. The lowest BCUT2D eigenvalue weighted by molar-refractivity contribution is -0.144. The smallest absolute Gasteiger partial charge is 0.344 e. The molecule has 0 saturated heterocycles. The number of hydrogen-bond donors (Lipinski definition) is 1. The number of carboxylic acid groups (broad SMARTS) is 1. The van der Waals surface area contributed by atoms with Gasteiger partial charge in [0.25, 0.3) is 5.56 Å². The highest BCUT2D eigenvalue weighted by atomic mass is 35.5. The van der Waals surface area contributed by atoms with E-state index in [9.17, 15) is 14.7 Å². The molecule has 3 aromatic carbocycles. The lowest BCUT2D eigenvalue weighted by Gasteiger charge is -2.18. The van der Waals surface area contributed by atoms with Gasteiger partial charge in [0.1, 0.15) is 5.75 Å². The molecule has 1 aromatic heterocycles. The molecule has 4 aromatic rings. The number of para-hydroxylation sites is 1. The standard InChI is InChI=1S/C31H32ClN3O6/c1-7-40-26-12-18(4)23(15-22(26)17(2)3)29-34-25-11-9-8-10-21(25)30(36)35(29)33-16-20-13-24(32)28(27(14-20)39-6)41-19(5)31(37)38/h8-17,19H,7H2,1-6H3,(H,37,38)/t19-/m0/s1. The van der Waals surface area contributed by atoms with Crippen molar-refractivity contribution >= 4 is 34.7 Å². The van der Waals surface area contributed by atoms with Crippen LogP contribution in [0.15, 0.2) is 58.4 Å². The van der Waals surface area contributed by atoms with E-state index in [0.29, 0.717) is 28.9 Å². The van der Waals surface area contributed by atoms with Crippen LogP contribution in [0.4, 0.5) is 0 Å². The second kappa shape index (κ2) is 12.4. The molecule has 1 atom stereocenters. The number of rotatable bonds is 10. The third-order valence-electron chi connectivity index (χ3n) is 6.49. The Morgan fingerprint density at radius 3 is 2.54 bits per heavy atom. The molecule has 0 aliphatic rings. The fourth-order valence-electron chi connectivity index (χ4n) is 4.36. The normalized spacial score (nSPS) is 12.2. The summed E-state index contributed by atoms with van der Waals surface area (Å²) in [5.41, 5.74) is 3.33. The van der Waals surface area contributed by atoms with Crippen molar-refractivity contribution in [2.45, 2.75) is 46.6 Å². The van der Waals surface area contributed by atoms with E-state index in [1.54, 1.807) is 30.3 Å². The van der Waals surface area contributed by atoms with Gasteiger partial charge in [-0.05, 0) is 79.8 Å². The third kappa shape index (κ3) is 6.20. The van der Waals surface area contributed by atoms with Crippen LogP contribution >= 0.6 is 11.6 Å². The Morgan fingerprint density at radius 2 is 1.88 bits per heavy atom. The summed E-state index contributed by atoms with van der Waals surface area (Å²) in [5.74, 6) is 0.510. The predicted octanol–water partition coefficient (Wildman–Crippen LogP) is 6.29. The van der Waals surface area contributed by atoms with E-state index in [4.69, 9.17) is 30.8 Å². The average molecular weight is 578 g/mol. The van der Waals surface area contributed by atoms with Gasteiger partial charge in [-0.1, -0.05) is 37.6 Å². The minimum absolute atomic E-state index is 0.0951. The van der Waals surface area contributed by atoms with Gasteiger partial charge in [-0.25, -0.2) is 9.78 Å². The number of benzene rings is 3. The first-order valence-corrected chi connectivity index (χ1v) is 13.5. The quantitative estimate of drug-likeness (QED) is 0.220. The molecule has 0 spiro atoms. The highest BCUT2D eigenvalue weighted by Crippen LogP contribution is 2.37. The van der Waals surface area contributed by atoms with E-state index < -0.39 is 12.1 Å². The molecule has 9 nitrogen and oxygen atoms in total. The number of aromatic nitrogens is 2. The van der Waals surface area contributed by atoms with E-state index in [-0.39, 0.29) is 28.0 Å². The van der Waals surface area contributed by atoms with Gasteiger partial charge in [0.15, 0.2) is 23.4 Å². The van der Waals surface area contributed by atoms with Crippen molar-refractivity contribution in [3.05, 3.63) is 80.6 Å². The van der Waals surface area contributed by atoms with Gasteiger partial charge < -0.3 is 19.3 Å². The summed E-state index contributed by atoms with van der Waals surface area (Å²) in [5, 5.41) is 14.3. The third-order valence-corrected chi connectivity index (χ3v) is 6.77. The molecule has 1 N–H and O–H groups in total. The number of aryl methyl sites for hydroxylation is 1. The predicted molar refractivity (Wildman–Crippen MR) is 160 cm³/mol. The van der Waals surface area contributed by atoms with Crippen LogP contribution in [0.3, 0.4) is 0 Å². The molecule has 0 saturated carbocycles. The number of methoxy groups -OCH3 is 1. The molecule has 0 unspecified atom stereocenters. The zero-order valence-electron chi connectivity index (χ0n) is 23.8. The van der Waals surface area contributed by atoms with Crippen LogP contribution in [0.1, 0.15) is 50.3 Å². The van der Waals surface area contributed by atoms with Gasteiger partial charge in [-0.2, -0.15) is 9.78 Å². The van der Waals surface area contributed by atoms with Crippen molar-refractivity contribution in [2.75, 3.05) is 13.7 Å². The largest absolute Gasteiger partial charge is 0.494 e. The van der Waals surface area contributed by atoms with Crippen molar-refractivity contribution in [1.29, 1.82) is 0 Å². The fourth-order valence-corrected chi connectivity index (χ4v) is 4.62. The Balaban J connectivity index is 1.90. The van der Waals surface area contributed by atoms with Crippen molar-refractivity contribution < 1.29 is 24.1 Å². The van der Waals surface area contributed by atoms with Gasteiger partial charge in [0.2, 0.25) is 0 Å². The molecule has 0 fully saturated rings. The molecule has 1 heterocycles. The minimum Gasteiger partial charge on any atom is -0.494 e. The molecule has 214 valence electrons. The Morgan fingerprint density at radius 1 is 1.15 bits per heavy atom. The summed E-state index contributed by atoms with van der Waals surface area (Å²) >= 11 is 6.44. The number of carbonyl (C=O) groups is 1. The van der Waals surface area contributed by atoms with Crippen LogP contribution < -0.4 is 19.8 Å². The molecule has 0 radical (unpaired) electrons. The summed E-state index contributed by atoms with van der Waals surface area (Å²) in [6.45, 7) is 9.97. The van der Waals surface area contributed by atoms with E-state index in [1.807, 2.05) is 32.0 Å². The van der Waals surface area contributed by atoms with Crippen LogP contribution in [-0.2, 0) is 4.79 Å². The summed E-state index contributed by atoms with van der Waals surface area (Å²) in [7, 11) is 1.42. The zero-order chi connectivity index (χ0) is 29.8. The number of ether oxygens (including phenoxy) is 3. The molecule has 0 bridgehead atoms. The van der Waals surface area contributed by atoms with Crippen molar-refractivity contribution in [1.82, 2.24) is 9.66 Å². The van der Waals surface area contributed by atoms with Gasteiger partial charge in [0, 0.05) is 5.56 Å². The first-order chi connectivity index (χ1) is 19.5. The minimum atomic E-state index is -1.14. The Kier molecular flexibility index (Phi) is 8.98. The fraction of sp³-hybridized carbons (Fsp3) is 0.290. The van der Waals surface area contributed by atoms with E-state index in [1.165, 1.54) is 24.9 Å². The first-order valence-electron chi connectivity index (χ1n) is 13.2. The van der Waals surface area contributed by atoms with E-state index >= 15 is 0 Å². The summed E-state index contributed by atoms with van der Waals surface area (Å²) in [6, 6.07) is 14.2. The van der Waals surface area contributed by atoms with Gasteiger partial charge in [-0.15, -0.1) is 0 Å². The Labute approximate surface area is 243 Å². The molecule has 0 aliphatic carbocycles. The lowest BCUT2D eigenvalue weighted by atomic mass is 9.96. The SMILES string of the molecule is CCOc1cc(C)c(-c2nc3ccccc3c(=O)n2N=Cc2cc(Cl)c(O[C@@H](C)C(=O)O)c(OC)c2)cc1C(C)C. The van der Waals surface area contributed by atoms with Crippen LogP contribution in [0.2, 0.25) is 5.02 Å². The van der Waals surface area contributed by atoms with Gasteiger partial charge >= 0.3 is 5.97 Å². The molecule has 0 aliphatic heterocycles.